The topological polar surface area (TPSA) is 95.1 Å². The van der Waals surface area contributed by atoms with Crippen molar-refractivity contribution >= 4 is 23.2 Å². The van der Waals surface area contributed by atoms with Gasteiger partial charge in [-0.2, -0.15) is 0 Å². The summed E-state index contributed by atoms with van der Waals surface area (Å²) in [7, 11) is 0. The van der Waals surface area contributed by atoms with Crippen molar-refractivity contribution in [3.8, 4) is 11.5 Å². The van der Waals surface area contributed by atoms with Crippen LogP contribution in [0, 0.1) is 92.7 Å². The fourth-order valence-corrected chi connectivity index (χ4v) is 21.5. The summed E-state index contributed by atoms with van der Waals surface area (Å²) in [6.07, 6.45) is 47.0. The maximum absolute atomic E-state index is 14.2. The van der Waals surface area contributed by atoms with Gasteiger partial charge in [0.1, 0.15) is 24.7 Å². The molecule has 16 atom stereocenters. The third kappa shape index (κ3) is 16.4. The largest absolute Gasteiger partial charge is 0.491 e. The number of fused-ring (bicyclic) bond motifs is 10. The zero-order valence-electron chi connectivity index (χ0n) is 58.7. The molecule has 6 saturated carbocycles. The SMILES string of the molecule is CCCCCCCCOc1cc(NC(=O)CO[C@H]2CC[C@@]3(C)C(=CC[C@H]4[C@@H]5CC[C@H]([C@H](C)CCCC(C)C)[C@@]5(C)CC[C@@H]43)C2)c(OCCCCCCCC)cc1NC(=O)CO[C@H]1CC[C@@]2(C)C(=CC[C@H]3[C@@H]4CC[C@H]([C@H](C)CCCC(C)C)[C@@]4(C)CC[C@@H]32)C1. The minimum absolute atomic E-state index is 0.0184. The molecule has 9 rings (SSSR count). The van der Waals surface area contributed by atoms with Gasteiger partial charge in [-0.25, -0.2) is 0 Å². The molecule has 8 nitrogen and oxygen atoms in total. The molecule has 8 heteroatoms. The van der Waals surface area contributed by atoms with Gasteiger partial charge in [-0.3, -0.25) is 9.59 Å². The number of unbranched alkanes of at least 4 members (excludes halogenated alkanes) is 10. The Morgan fingerprint density at radius 1 is 0.477 bits per heavy atom. The first-order valence-electron chi connectivity index (χ1n) is 38.0. The minimum Gasteiger partial charge on any atom is -0.491 e. The molecule has 88 heavy (non-hydrogen) atoms. The van der Waals surface area contributed by atoms with Crippen molar-refractivity contribution in [2.75, 3.05) is 37.1 Å². The third-order valence-corrected chi connectivity index (χ3v) is 26.6. The number of anilines is 2. The highest BCUT2D eigenvalue weighted by atomic mass is 16.5. The highest BCUT2D eigenvalue weighted by Crippen LogP contribution is 2.69. The summed E-state index contributed by atoms with van der Waals surface area (Å²) in [5, 5.41) is 6.46. The minimum atomic E-state index is -0.192. The molecule has 2 N–H and O–H groups in total. The van der Waals surface area contributed by atoms with E-state index in [1.807, 2.05) is 12.1 Å². The van der Waals surface area contributed by atoms with Crippen molar-refractivity contribution in [3.05, 3.63) is 35.4 Å². The summed E-state index contributed by atoms with van der Waals surface area (Å²) >= 11 is 0. The van der Waals surface area contributed by atoms with Gasteiger partial charge in [0.2, 0.25) is 11.8 Å². The van der Waals surface area contributed by atoms with Gasteiger partial charge in [0.25, 0.3) is 0 Å². The van der Waals surface area contributed by atoms with Gasteiger partial charge in [-0.15, -0.1) is 0 Å². The monoisotopic (exact) mass is 1220 g/mol. The Morgan fingerprint density at radius 3 is 1.27 bits per heavy atom. The molecule has 1 aromatic rings. The number of amides is 2. The Morgan fingerprint density at radius 2 is 0.875 bits per heavy atom. The van der Waals surface area contributed by atoms with Crippen LogP contribution in [-0.2, 0) is 19.1 Å². The van der Waals surface area contributed by atoms with Crippen LogP contribution in [0.1, 0.15) is 301 Å². The van der Waals surface area contributed by atoms with E-state index in [1.54, 1.807) is 11.1 Å². The molecule has 8 aliphatic carbocycles. The van der Waals surface area contributed by atoms with Crippen LogP contribution in [0.25, 0.3) is 0 Å². The van der Waals surface area contributed by atoms with E-state index in [0.717, 1.165) is 135 Å². The van der Waals surface area contributed by atoms with Crippen LogP contribution in [0.15, 0.2) is 35.4 Å². The van der Waals surface area contributed by atoms with Crippen molar-refractivity contribution in [2.45, 2.75) is 314 Å². The van der Waals surface area contributed by atoms with Gasteiger partial charge in [0.15, 0.2) is 0 Å². The molecule has 2 amide bonds. The summed E-state index contributed by atoms with van der Waals surface area (Å²) < 4.78 is 26.4. The number of rotatable bonds is 34. The number of hydrogen-bond donors (Lipinski definition) is 2. The van der Waals surface area contributed by atoms with Gasteiger partial charge >= 0.3 is 0 Å². The molecule has 6 fully saturated rings. The highest BCUT2D eigenvalue weighted by Gasteiger charge is 2.61. The molecular weight excluding hydrogens is 1080 g/mol. The van der Waals surface area contributed by atoms with E-state index < -0.39 is 0 Å². The predicted molar refractivity (Wildman–Crippen MR) is 367 cm³/mol. The van der Waals surface area contributed by atoms with Crippen molar-refractivity contribution in [1.29, 1.82) is 0 Å². The molecule has 0 heterocycles. The lowest BCUT2D eigenvalue weighted by molar-refractivity contribution is -0.124. The zero-order chi connectivity index (χ0) is 62.6. The quantitative estimate of drug-likeness (QED) is 0.0527. The number of benzene rings is 1. The molecule has 0 aromatic heterocycles. The Hall–Kier alpha value is -2.84. The zero-order valence-corrected chi connectivity index (χ0v) is 58.7. The van der Waals surface area contributed by atoms with E-state index in [-0.39, 0.29) is 48.1 Å². The van der Waals surface area contributed by atoms with Crippen LogP contribution in [-0.4, -0.2) is 50.4 Å². The summed E-state index contributed by atoms with van der Waals surface area (Å²) in [6, 6.07) is 3.76. The standard InChI is InChI=1S/C80H132N2O6/c1-13-15-17-19-21-23-47-85-73-51-72(82-76(84)54-88-62-40-44-78(10)60(50-62)32-34-64-68-38-36-66(58(8)30-26-28-56(5)6)80(68,12)46-42-70(64)78)74(86-48-24-22-20-18-16-14-2)52-71(73)81-75(83)53-87-61-39-43-77(9)59(49-61)31-33-63-67-37-35-65(57(7)29-25-27-55(3)4)79(67,11)45-41-69(63)77/h31-32,51-52,55-58,61-70H,13-30,33-50,53-54H2,1-12H3,(H,81,83)(H,82,84)/t57-,58-,61+,62+,63+,64+,65-,66-,67+,68+,69+,70+,77+,78+,79-,80-/m1/s1. The molecule has 0 aliphatic heterocycles. The predicted octanol–water partition coefficient (Wildman–Crippen LogP) is 21.9. The molecule has 498 valence electrons. The summed E-state index contributed by atoms with van der Waals surface area (Å²) in [6.45, 7) is 30.8. The molecule has 0 saturated heterocycles. The Labute approximate surface area is 539 Å². The van der Waals surface area contributed by atoms with Crippen LogP contribution < -0.4 is 20.1 Å². The molecule has 0 spiro atoms. The number of nitrogens with one attached hydrogen (secondary N) is 2. The van der Waals surface area contributed by atoms with Crippen molar-refractivity contribution < 1.29 is 28.5 Å². The second-order valence-electron chi connectivity index (χ2n) is 33.1. The number of allylic oxidation sites excluding steroid dienone is 2. The fraction of sp³-hybridized carbons (Fsp3) is 0.850. The lowest BCUT2D eigenvalue weighted by atomic mass is 9.47. The van der Waals surface area contributed by atoms with Crippen LogP contribution >= 0.6 is 0 Å². The Balaban J connectivity index is 0.824. The van der Waals surface area contributed by atoms with E-state index in [9.17, 15) is 9.59 Å². The van der Waals surface area contributed by atoms with Gasteiger partial charge in [-0.1, -0.05) is 209 Å². The number of hydrogen-bond acceptors (Lipinski definition) is 6. The average Bonchev–Trinajstić information content (AvgIpc) is 1.34. The molecule has 0 unspecified atom stereocenters. The van der Waals surface area contributed by atoms with Gasteiger partial charge in [0.05, 0.1) is 36.8 Å². The smallest absolute Gasteiger partial charge is 0.250 e. The van der Waals surface area contributed by atoms with E-state index in [4.69, 9.17) is 18.9 Å². The summed E-state index contributed by atoms with van der Waals surface area (Å²) in [4.78, 5) is 28.4. The first-order chi connectivity index (χ1) is 42.3. The van der Waals surface area contributed by atoms with Crippen LogP contribution in [0.4, 0.5) is 11.4 Å². The first kappa shape index (κ1) is 69.5. The van der Waals surface area contributed by atoms with Gasteiger partial charge in [-0.05, 0) is 208 Å². The molecular formula is C80H132N2O6. The van der Waals surface area contributed by atoms with Gasteiger partial charge < -0.3 is 29.6 Å². The number of carbonyl (C=O) groups is 2. The maximum atomic E-state index is 14.2. The van der Waals surface area contributed by atoms with Crippen LogP contribution in [0.3, 0.4) is 0 Å². The molecule has 0 bridgehead atoms. The highest BCUT2D eigenvalue weighted by molar-refractivity contribution is 5.97. The van der Waals surface area contributed by atoms with Gasteiger partial charge in [0, 0.05) is 12.1 Å². The van der Waals surface area contributed by atoms with E-state index in [1.165, 1.54) is 154 Å². The second-order valence-corrected chi connectivity index (χ2v) is 33.1. The summed E-state index contributed by atoms with van der Waals surface area (Å²) in [5.41, 5.74) is 5.72. The van der Waals surface area contributed by atoms with Crippen LogP contribution in [0.5, 0.6) is 11.5 Å². The van der Waals surface area contributed by atoms with E-state index >= 15 is 0 Å². The average molecular weight is 1220 g/mol. The van der Waals surface area contributed by atoms with E-state index in [2.05, 4.69) is 106 Å². The summed E-state index contributed by atoms with van der Waals surface area (Å²) in [5.74, 6) is 10.5. The van der Waals surface area contributed by atoms with Crippen molar-refractivity contribution in [3.63, 3.8) is 0 Å². The normalized spacial score (nSPS) is 33.9. The second kappa shape index (κ2) is 31.9. The van der Waals surface area contributed by atoms with Crippen molar-refractivity contribution in [2.24, 2.45) is 92.7 Å². The third-order valence-electron chi connectivity index (χ3n) is 26.6. The number of carbonyl (C=O) groups excluding carboxylic acids is 2. The Bertz CT molecular complexity index is 2280. The lowest BCUT2D eigenvalue weighted by Gasteiger charge is -2.58. The maximum Gasteiger partial charge on any atom is 0.250 e. The molecule has 0 radical (unpaired) electrons. The van der Waals surface area contributed by atoms with Crippen LogP contribution in [0.2, 0.25) is 0 Å². The lowest BCUT2D eigenvalue weighted by Crippen LogP contribution is -2.51. The first-order valence-corrected chi connectivity index (χ1v) is 38.0. The van der Waals surface area contributed by atoms with Crippen molar-refractivity contribution in [1.82, 2.24) is 0 Å². The number of ether oxygens (including phenoxy) is 4. The molecule has 8 aliphatic rings. The van der Waals surface area contributed by atoms with E-state index in [0.29, 0.717) is 46.9 Å². The Kier molecular flexibility index (Phi) is 25.2. The molecule has 1 aromatic carbocycles. The fourth-order valence-electron chi connectivity index (χ4n) is 21.5.